The second-order valence-corrected chi connectivity index (χ2v) is 2.64. The van der Waals surface area contributed by atoms with Crippen molar-refractivity contribution in [2.75, 3.05) is 7.11 Å². The van der Waals surface area contributed by atoms with E-state index in [9.17, 15) is 0 Å². The van der Waals surface area contributed by atoms with Crippen LogP contribution >= 0.6 is 22.6 Å². The number of allylic oxidation sites excluding steroid dienone is 1. The number of halogens is 1. The highest BCUT2D eigenvalue weighted by Crippen LogP contribution is 2.00. The summed E-state index contributed by atoms with van der Waals surface area (Å²) in [7, 11) is 1.64. The summed E-state index contributed by atoms with van der Waals surface area (Å²) in [5.41, 5.74) is 0. The molecule has 6 heavy (non-hydrogen) atoms. The zero-order valence-corrected chi connectivity index (χ0v) is 6.02. The minimum absolute atomic E-state index is 1.16. The van der Waals surface area contributed by atoms with Crippen LogP contribution in [0.4, 0.5) is 0 Å². The molecule has 0 amide bonds. The van der Waals surface area contributed by atoms with Crippen molar-refractivity contribution < 1.29 is 4.74 Å². The first-order valence-electron chi connectivity index (χ1n) is 1.62. The van der Waals surface area contributed by atoms with Gasteiger partial charge in [-0.2, -0.15) is 0 Å². The van der Waals surface area contributed by atoms with E-state index < -0.39 is 0 Å². The molecule has 0 aliphatic carbocycles. The van der Waals surface area contributed by atoms with Gasteiger partial charge in [0.1, 0.15) is 0 Å². The largest absolute Gasteiger partial charge is 0.504 e. The number of rotatable bonds is 1. The Hall–Kier alpha value is 0.270. The van der Waals surface area contributed by atoms with Gasteiger partial charge in [-0.25, -0.2) is 0 Å². The molecule has 0 aliphatic rings. The van der Waals surface area contributed by atoms with Crippen LogP contribution in [0.25, 0.3) is 0 Å². The molecule has 0 radical (unpaired) electrons. The van der Waals surface area contributed by atoms with Crippen molar-refractivity contribution in [1.29, 1.82) is 0 Å². The molecule has 0 aromatic carbocycles. The number of hydrogen-bond acceptors (Lipinski definition) is 1. The smallest absolute Gasteiger partial charge is 0.0914 e. The van der Waals surface area contributed by atoms with Crippen LogP contribution in [0.2, 0.25) is 0 Å². The van der Waals surface area contributed by atoms with Gasteiger partial charge >= 0.3 is 0 Å². The molecule has 0 aliphatic heterocycles. The quantitative estimate of drug-likeness (QED) is 0.462. The van der Waals surface area contributed by atoms with Gasteiger partial charge < -0.3 is 4.74 Å². The predicted molar refractivity (Wildman–Crippen MR) is 34.8 cm³/mol. The molecule has 0 saturated heterocycles. The van der Waals surface area contributed by atoms with Crippen LogP contribution in [0.1, 0.15) is 6.92 Å². The standard InChI is InChI=1S/C4H7IO/c1-4(5)3-6-2/h3H,1-2H3/b4-3+. The van der Waals surface area contributed by atoms with Crippen LogP contribution in [0.5, 0.6) is 0 Å². The third-order valence-electron chi connectivity index (χ3n) is 0.280. The highest BCUT2D eigenvalue weighted by atomic mass is 127. The van der Waals surface area contributed by atoms with E-state index in [1.54, 1.807) is 13.4 Å². The lowest BCUT2D eigenvalue weighted by Gasteiger charge is -1.83. The van der Waals surface area contributed by atoms with E-state index in [2.05, 4.69) is 27.3 Å². The van der Waals surface area contributed by atoms with Crippen molar-refractivity contribution in [3.8, 4) is 0 Å². The lowest BCUT2D eigenvalue weighted by Crippen LogP contribution is -1.63. The van der Waals surface area contributed by atoms with Gasteiger partial charge in [0.05, 0.1) is 13.4 Å². The number of ether oxygens (including phenoxy) is 1. The summed E-state index contributed by atoms with van der Waals surface area (Å²) in [5, 5.41) is 0. The van der Waals surface area contributed by atoms with Crippen LogP contribution in [0.3, 0.4) is 0 Å². The third kappa shape index (κ3) is 4.27. The van der Waals surface area contributed by atoms with Crippen LogP contribution in [-0.2, 0) is 4.74 Å². The van der Waals surface area contributed by atoms with Gasteiger partial charge in [0.2, 0.25) is 0 Å². The van der Waals surface area contributed by atoms with E-state index in [1.165, 1.54) is 0 Å². The predicted octanol–water partition coefficient (Wildman–Crippen LogP) is 1.93. The van der Waals surface area contributed by atoms with Crippen molar-refractivity contribution in [2.24, 2.45) is 0 Å². The Labute approximate surface area is 51.5 Å². The Morgan fingerprint density at radius 2 is 2.33 bits per heavy atom. The number of methoxy groups -OCH3 is 1. The monoisotopic (exact) mass is 198 g/mol. The molecule has 0 aromatic rings. The second-order valence-electron chi connectivity index (χ2n) is 0.940. The average molecular weight is 198 g/mol. The van der Waals surface area contributed by atoms with Gasteiger partial charge in [-0.15, -0.1) is 0 Å². The summed E-state index contributed by atoms with van der Waals surface area (Å²) < 4.78 is 5.80. The maximum absolute atomic E-state index is 4.63. The fourth-order valence-corrected chi connectivity index (χ4v) is 0.417. The average Bonchev–Trinajstić information content (AvgIpc) is 1.35. The molecule has 0 bridgehead atoms. The first-order chi connectivity index (χ1) is 2.77. The molecule has 0 rings (SSSR count). The highest BCUT2D eigenvalue weighted by molar-refractivity contribution is 14.1. The van der Waals surface area contributed by atoms with Crippen LogP contribution in [-0.4, -0.2) is 7.11 Å². The fourth-order valence-electron chi connectivity index (χ4n) is 0.162. The van der Waals surface area contributed by atoms with E-state index >= 15 is 0 Å². The maximum atomic E-state index is 4.63. The fraction of sp³-hybridized carbons (Fsp3) is 0.500. The Kier molecular flexibility index (Phi) is 3.62. The first kappa shape index (κ1) is 6.27. The Morgan fingerprint density at radius 3 is 2.33 bits per heavy atom. The third-order valence-corrected chi connectivity index (χ3v) is 0.535. The van der Waals surface area contributed by atoms with Crippen LogP contribution in [0, 0.1) is 0 Å². The van der Waals surface area contributed by atoms with Gasteiger partial charge in [0.25, 0.3) is 0 Å². The molecule has 0 N–H and O–H groups in total. The minimum atomic E-state index is 1.16. The molecule has 36 valence electrons. The molecule has 0 spiro atoms. The van der Waals surface area contributed by atoms with Crippen LogP contribution in [0.15, 0.2) is 9.84 Å². The zero-order valence-electron chi connectivity index (χ0n) is 3.86. The molecule has 1 nitrogen and oxygen atoms in total. The number of hydrogen-bond donors (Lipinski definition) is 0. The van der Waals surface area contributed by atoms with E-state index in [0.29, 0.717) is 0 Å². The van der Waals surface area contributed by atoms with Gasteiger partial charge in [0.15, 0.2) is 0 Å². The molecule has 0 saturated carbocycles. The molecule has 0 unspecified atom stereocenters. The lowest BCUT2D eigenvalue weighted by molar-refractivity contribution is 0.337. The normalized spacial score (nSPS) is 11.5. The summed E-state index contributed by atoms with van der Waals surface area (Å²) in [6.07, 6.45) is 1.69. The Bertz CT molecular complexity index is 54.6. The molecule has 2 heteroatoms. The van der Waals surface area contributed by atoms with Gasteiger partial charge in [0, 0.05) is 3.58 Å². The molecular formula is C4H7IO. The van der Waals surface area contributed by atoms with Crippen molar-refractivity contribution in [3.63, 3.8) is 0 Å². The van der Waals surface area contributed by atoms with E-state index in [-0.39, 0.29) is 0 Å². The van der Waals surface area contributed by atoms with Gasteiger partial charge in [-0.3, -0.25) is 0 Å². The van der Waals surface area contributed by atoms with Crippen molar-refractivity contribution in [3.05, 3.63) is 9.84 Å². The van der Waals surface area contributed by atoms with Crippen molar-refractivity contribution in [2.45, 2.75) is 6.92 Å². The maximum Gasteiger partial charge on any atom is 0.0914 e. The summed E-state index contributed by atoms with van der Waals surface area (Å²) >= 11 is 2.18. The van der Waals surface area contributed by atoms with Crippen molar-refractivity contribution in [1.82, 2.24) is 0 Å². The minimum Gasteiger partial charge on any atom is -0.504 e. The summed E-state index contributed by atoms with van der Waals surface area (Å²) in [6.45, 7) is 1.98. The molecule has 0 aromatic heterocycles. The van der Waals surface area contributed by atoms with Gasteiger partial charge in [-0.05, 0) is 29.5 Å². The van der Waals surface area contributed by atoms with Crippen LogP contribution < -0.4 is 0 Å². The molecule has 0 atom stereocenters. The molecular weight excluding hydrogens is 191 g/mol. The summed E-state index contributed by atoms with van der Waals surface area (Å²) in [6, 6.07) is 0. The van der Waals surface area contributed by atoms with E-state index in [4.69, 9.17) is 0 Å². The Balaban J connectivity index is 3.14. The zero-order chi connectivity index (χ0) is 4.99. The van der Waals surface area contributed by atoms with E-state index in [0.717, 1.165) is 3.58 Å². The van der Waals surface area contributed by atoms with Crippen molar-refractivity contribution >= 4 is 22.6 Å². The van der Waals surface area contributed by atoms with E-state index in [1.807, 2.05) is 6.92 Å². The highest BCUT2D eigenvalue weighted by Gasteiger charge is 1.70. The summed E-state index contributed by atoms with van der Waals surface area (Å²) in [5.74, 6) is 0. The molecule has 0 fully saturated rings. The second kappa shape index (κ2) is 3.46. The SMILES string of the molecule is CO/C=C(\C)I. The topological polar surface area (TPSA) is 9.23 Å². The Morgan fingerprint density at radius 1 is 1.83 bits per heavy atom. The molecule has 0 heterocycles. The first-order valence-corrected chi connectivity index (χ1v) is 2.70. The summed E-state index contributed by atoms with van der Waals surface area (Å²) in [4.78, 5) is 0. The van der Waals surface area contributed by atoms with Gasteiger partial charge in [-0.1, -0.05) is 0 Å². The lowest BCUT2D eigenvalue weighted by atomic mass is 10.7.